The van der Waals surface area contributed by atoms with Crippen LogP contribution in [0, 0.1) is 0 Å². The fraction of sp³-hybridized carbons (Fsp3) is 0.727. The van der Waals surface area contributed by atoms with Crippen LogP contribution in [0.3, 0.4) is 0 Å². The molecule has 1 fully saturated rings. The average Bonchev–Trinajstić information content (AvgIpc) is 2.68. The zero-order valence-electron chi connectivity index (χ0n) is 8.78. The van der Waals surface area contributed by atoms with Crippen molar-refractivity contribution in [1.29, 1.82) is 0 Å². The van der Waals surface area contributed by atoms with Crippen LogP contribution in [0.4, 0.5) is 0 Å². The maximum Gasteiger partial charge on any atom is 0.157 e. The SMILES string of the molecule is CCOc1cnn(C2CCCCC2)c1. The van der Waals surface area contributed by atoms with Crippen LogP contribution in [0.1, 0.15) is 45.1 Å². The molecule has 3 heteroatoms. The van der Waals surface area contributed by atoms with E-state index in [1.54, 1.807) is 0 Å². The number of ether oxygens (including phenoxy) is 1. The van der Waals surface area contributed by atoms with E-state index in [1.165, 1.54) is 32.1 Å². The molecule has 0 saturated heterocycles. The Morgan fingerprint density at radius 3 is 2.93 bits per heavy atom. The van der Waals surface area contributed by atoms with Crippen molar-refractivity contribution in [3.63, 3.8) is 0 Å². The maximum atomic E-state index is 5.39. The molecule has 14 heavy (non-hydrogen) atoms. The van der Waals surface area contributed by atoms with E-state index in [4.69, 9.17) is 4.74 Å². The molecule has 1 aromatic rings. The highest BCUT2D eigenvalue weighted by Crippen LogP contribution is 2.28. The van der Waals surface area contributed by atoms with Gasteiger partial charge in [0, 0.05) is 0 Å². The quantitative estimate of drug-likeness (QED) is 0.739. The largest absolute Gasteiger partial charge is 0.491 e. The first-order chi connectivity index (χ1) is 6.90. The van der Waals surface area contributed by atoms with E-state index in [0.717, 1.165) is 12.4 Å². The molecule has 0 amide bonds. The van der Waals surface area contributed by atoms with Crippen molar-refractivity contribution < 1.29 is 4.74 Å². The lowest BCUT2D eigenvalue weighted by molar-refractivity contribution is 0.321. The van der Waals surface area contributed by atoms with Gasteiger partial charge in [0.1, 0.15) is 0 Å². The molecule has 0 atom stereocenters. The fourth-order valence-corrected chi connectivity index (χ4v) is 2.11. The van der Waals surface area contributed by atoms with Crippen LogP contribution in [0.5, 0.6) is 5.75 Å². The van der Waals surface area contributed by atoms with Crippen molar-refractivity contribution in [2.24, 2.45) is 0 Å². The number of hydrogen-bond acceptors (Lipinski definition) is 2. The molecule has 0 unspecified atom stereocenters. The summed E-state index contributed by atoms with van der Waals surface area (Å²) in [7, 11) is 0. The molecule has 0 radical (unpaired) electrons. The Morgan fingerprint density at radius 2 is 2.21 bits per heavy atom. The van der Waals surface area contributed by atoms with Crippen LogP contribution in [0.15, 0.2) is 12.4 Å². The third-order valence-corrected chi connectivity index (χ3v) is 2.84. The van der Waals surface area contributed by atoms with Crippen LogP contribution in [-0.4, -0.2) is 16.4 Å². The molecular formula is C11H18N2O. The van der Waals surface area contributed by atoms with Gasteiger partial charge in [0.25, 0.3) is 0 Å². The molecule has 0 spiro atoms. The van der Waals surface area contributed by atoms with Crippen LogP contribution in [0.2, 0.25) is 0 Å². The number of rotatable bonds is 3. The number of aromatic nitrogens is 2. The first-order valence-electron chi connectivity index (χ1n) is 5.57. The Morgan fingerprint density at radius 1 is 1.43 bits per heavy atom. The highest BCUT2D eigenvalue weighted by Gasteiger charge is 2.15. The van der Waals surface area contributed by atoms with Gasteiger partial charge in [0.15, 0.2) is 5.75 Å². The lowest BCUT2D eigenvalue weighted by atomic mass is 9.96. The summed E-state index contributed by atoms with van der Waals surface area (Å²) in [5.41, 5.74) is 0. The average molecular weight is 194 g/mol. The lowest BCUT2D eigenvalue weighted by Crippen LogP contribution is -2.12. The number of nitrogens with zero attached hydrogens (tertiary/aromatic N) is 2. The molecule has 1 saturated carbocycles. The van der Waals surface area contributed by atoms with Crippen LogP contribution in [-0.2, 0) is 0 Å². The maximum absolute atomic E-state index is 5.39. The molecule has 1 heterocycles. The Labute approximate surface area is 85.1 Å². The second-order valence-electron chi connectivity index (χ2n) is 3.88. The summed E-state index contributed by atoms with van der Waals surface area (Å²) in [6.45, 7) is 2.72. The molecule has 0 aromatic carbocycles. The Bertz CT molecular complexity index is 277. The zero-order chi connectivity index (χ0) is 9.80. The predicted molar refractivity (Wildman–Crippen MR) is 55.5 cm³/mol. The molecule has 1 aromatic heterocycles. The third kappa shape index (κ3) is 2.08. The van der Waals surface area contributed by atoms with E-state index >= 15 is 0 Å². The summed E-state index contributed by atoms with van der Waals surface area (Å²) < 4.78 is 7.47. The second-order valence-corrected chi connectivity index (χ2v) is 3.88. The van der Waals surface area contributed by atoms with Gasteiger partial charge < -0.3 is 4.74 Å². The van der Waals surface area contributed by atoms with Crippen molar-refractivity contribution >= 4 is 0 Å². The van der Waals surface area contributed by atoms with E-state index in [2.05, 4.69) is 9.78 Å². The van der Waals surface area contributed by atoms with Gasteiger partial charge >= 0.3 is 0 Å². The Balaban J connectivity index is 2.00. The molecule has 1 aliphatic rings. The van der Waals surface area contributed by atoms with Crippen molar-refractivity contribution in [1.82, 2.24) is 9.78 Å². The summed E-state index contributed by atoms with van der Waals surface area (Å²) in [6, 6.07) is 0.609. The van der Waals surface area contributed by atoms with Crippen molar-refractivity contribution in [2.45, 2.75) is 45.1 Å². The summed E-state index contributed by atoms with van der Waals surface area (Å²) >= 11 is 0. The summed E-state index contributed by atoms with van der Waals surface area (Å²) in [5, 5.41) is 4.35. The van der Waals surface area contributed by atoms with E-state index in [-0.39, 0.29) is 0 Å². The van der Waals surface area contributed by atoms with Gasteiger partial charge in [-0.25, -0.2) is 0 Å². The molecule has 1 aliphatic carbocycles. The normalized spacial score (nSPS) is 18.4. The van der Waals surface area contributed by atoms with Gasteiger partial charge in [-0.05, 0) is 19.8 Å². The summed E-state index contributed by atoms with van der Waals surface area (Å²) in [4.78, 5) is 0. The monoisotopic (exact) mass is 194 g/mol. The van der Waals surface area contributed by atoms with Crippen LogP contribution < -0.4 is 4.74 Å². The van der Waals surface area contributed by atoms with Crippen molar-refractivity contribution in [2.75, 3.05) is 6.61 Å². The molecule has 0 bridgehead atoms. The van der Waals surface area contributed by atoms with Gasteiger partial charge in [-0.2, -0.15) is 5.10 Å². The molecule has 78 valence electrons. The summed E-state index contributed by atoms with van der Waals surface area (Å²) in [6.07, 6.45) is 10.5. The van der Waals surface area contributed by atoms with Gasteiger partial charge in [0.2, 0.25) is 0 Å². The Hall–Kier alpha value is -0.990. The molecule has 2 rings (SSSR count). The molecule has 0 N–H and O–H groups in total. The molecule has 3 nitrogen and oxygen atoms in total. The van der Waals surface area contributed by atoms with Crippen LogP contribution >= 0.6 is 0 Å². The van der Waals surface area contributed by atoms with Crippen molar-refractivity contribution in [3.8, 4) is 5.75 Å². The van der Waals surface area contributed by atoms with Gasteiger partial charge in [-0.15, -0.1) is 0 Å². The smallest absolute Gasteiger partial charge is 0.157 e. The summed E-state index contributed by atoms with van der Waals surface area (Å²) in [5.74, 6) is 0.901. The highest BCUT2D eigenvalue weighted by molar-refractivity contribution is 5.12. The zero-order valence-corrected chi connectivity index (χ0v) is 8.78. The second kappa shape index (κ2) is 4.49. The fourth-order valence-electron chi connectivity index (χ4n) is 2.11. The number of hydrogen-bond donors (Lipinski definition) is 0. The minimum Gasteiger partial charge on any atom is -0.491 e. The van der Waals surface area contributed by atoms with E-state index < -0.39 is 0 Å². The first-order valence-corrected chi connectivity index (χ1v) is 5.57. The van der Waals surface area contributed by atoms with E-state index in [1.807, 2.05) is 19.3 Å². The highest BCUT2D eigenvalue weighted by atomic mass is 16.5. The van der Waals surface area contributed by atoms with E-state index in [0.29, 0.717) is 6.04 Å². The standard InChI is InChI=1S/C11H18N2O/c1-2-14-11-8-12-13(9-11)10-6-4-3-5-7-10/h8-10H,2-7H2,1H3. The van der Waals surface area contributed by atoms with Crippen LogP contribution in [0.25, 0.3) is 0 Å². The predicted octanol–water partition coefficient (Wildman–Crippen LogP) is 2.79. The minimum absolute atomic E-state index is 0.609. The molecule has 0 aliphatic heterocycles. The van der Waals surface area contributed by atoms with Crippen molar-refractivity contribution in [3.05, 3.63) is 12.4 Å². The van der Waals surface area contributed by atoms with E-state index in [9.17, 15) is 0 Å². The molecular weight excluding hydrogens is 176 g/mol. The first kappa shape index (κ1) is 9.56. The lowest BCUT2D eigenvalue weighted by Gasteiger charge is -2.21. The topological polar surface area (TPSA) is 27.1 Å². The van der Waals surface area contributed by atoms with Gasteiger partial charge in [0.05, 0.1) is 25.0 Å². The van der Waals surface area contributed by atoms with Gasteiger partial charge in [-0.1, -0.05) is 19.3 Å². The van der Waals surface area contributed by atoms with Gasteiger partial charge in [-0.3, -0.25) is 4.68 Å². The third-order valence-electron chi connectivity index (χ3n) is 2.84. The Kier molecular flexibility index (Phi) is 3.07. The minimum atomic E-state index is 0.609.